The van der Waals surface area contributed by atoms with Crippen molar-refractivity contribution in [2.45, 2.75) is 25.5 Å². The van der Waals surface area contributed by atoms with Crippen LogP contribution in [0, 0.1) is 5.41 Å². The molecule has 2 atom stereocenters. The Morgan fingerprint density at radius 2 is 2.11 bits per heavy atom. The molecule has 2 N–H and O–H groups in total. The van der Waals surface area contributed by atoms with Gasteiger partial charge in [-0.3, -0.25) is 14.1 Å². The van der Waals surface area contributed by atoms with E-state index in [4.69, 9.17) is 0 Å². The Kier molecular flexibility index (Phi) is 5.10. The molecule has 1 aliphatic rings. The average molecular weight is 385 g/mol. The van der Waals surface area contributed by atoms with E-state index in [0.29, 0.717) is 37.4 Å². The van der Waals surface area contributed by atoms with E-state index in [1.54, 1.807) is 16.7 Å². The molecule has 0 bridgehead atoms. The second kappa shape index (κ2) is 7.52. The van der Waals surface area contributed by atoms with E-state index in [1.165, 1.54) is 11.3 Å². The minimum absolute atomic E-state index is 0.0778. The molecule has 1 aliphatic heterocycles. The third kappa shape index (κ3) is 3.68. The first-order chi connectivity index (χ1) is 13.1. The van der Waals surface area contributed by atoms with Crippen molar-refractivity contribution in [1.29, 1.82) is 0 Å². The van der Waals surface area contributed by atoms with Gasteiger partial charge in [0, 0.05) is 42.7 Å². The Hall–Kier alpha value is -2.06. The first kappa shape index (κ1) is 18.3. The molecule has 3 aromatic rings. The first-order valence-corrected chi connectivity index (χ1v) is 9.99. The Labute approximate surface area is 161 Å². The molecular weight excluding hydrogens is 362 g/mol. The number of rotatable bonds is 5. The fourth-order valence-corrected chi connectivity index (χ4v) is 4.70. The summed E-state index contributed by atoms with van der Waals surface area (Å²) in [4.78, 5) is 19.7. The van der Waals surface area contributed by atoms with Crippen LogP contribution in [0.5, 0.6) is 0 Å². The van der Waals surface area contributed by atoms with Crippen LogP contribution in [0.3, 0.4) is 0 Å². The van der Waals surface area contributed by atoms with Gasteiger partial charge in [0.15, 0.2) is 4.96 Å². The second-order valence-electron chi connectivity index (χ2n) is 7.34. The van der Waals surface area contributed by atoms with E-state index >= 15 is 0 Å². The molecule has 1 fully saturated rings. The van der Waals surface area contributed by atoms with Gasteiger partial charge in [0.2, 0.25) is 0 Å². The second-order valence-corrected chi connectivity index (χ2v) is 8.21. The molecule has 0 aliphatic carbocycles. The fourth-order valence-electron chi connectivity index (χ4n) is 3.96. The Balaban J connectivity index is 1.56. The van der Waals surface area contributed by atoms with Crippen molar-refractivity contribution in [1.82, 2.24) is 14.3 Å². The molecule has 0 amide bonds. The molecule has 0 radical (unpaired) electrons. The van der Waals surface area contributed by atoms with Crippen LogP contribution >= 0.6 is 11.3 Å². The number of hydrogen-bond acceptors (Lipinski definition) is 6. The number of aliphatic hydroxyl groups excluding tert-OH is 2. The number of fused-ring (bicyclic) bond motifs is 1. The van der Waals surface area contributed by atoms with Gasteiger partial charge in [-0.15, -0.1) is 11.3 Å². The highest BCUT2D eigenvalue weighted by Crippen LogP contribution is 2.34. The van der Waals surface area contributed by atoms with E-state index in [1.807, 2.05) is 35.7 Å². The SMILES string of the molecule is O=c1cc(CN2CCC(O)[C@](CO)(Cc3ccccc3)C2)nc2sccn12. The van der Waals surface area contributed by atoms with E-state index in [-0.39, 0.29) is 12.2 Å². The zero-order chi connectivity index (χ0) is 18.9. The summed E-state index contributed by atoms with van der Waals surface area (Å²) in [5.74, 6) is 0. The summed E-state index contributed by atoms with van der Waals surface area (Å²) >= 11 is 1.44. The van der Waals surface area contributed by atoms with Crippen molar-refractivity contribution in [3.05, 3.63) is 69.6 Å². The molecule has 0 spiro atoms. The number of aliphatic hydroxyl groups is 2. The van der Waals surface area contributed by atoms with E-state index < -0.39 is 11.5 Å². The summed E-state index contributed by atoms with van der Waals surface area (Å²) in [5, 5.41) is 22.7. The highest BCUT2D eigenvalue weighted by Gasteiger charge is 2.42. The van der Waals surface area contributed by atoms with Crippen LogP contribution in [0.2, 0.25) is 0 Å². The van der Waals surface area contributed by atoms with Crippen LogP contribution in [0.15, 0.2) is 52.8 Å². The maximum Gasteiger partial charge on any atom is 0.258 e. The maximum atomic E-state index is 12.2. The molecule has 27 heavy (non-hydrogen) atoms. The number of nitrogens with zero attached hydrogens (tertiary/aromatic N) is 3. The number of aromatic nitrogens is 2. The standard InChI is InChI=1S/C20H23N3O3S/c24-14-20(11-15-4-2-1-3-5-15)13-22(7-6-17(20)25)12-16-10-18(26)23-8-9-27-19(23)21-16/h1-5,8-10,17,24-25H,6-7,11-14H2/t17?,20-/m1/s1. The van der Waals surface area contributed by atoms with Crippen molar-refractivity contribution in [2.75, 3.05) is 19.7 Å². The van der Waals surface area contributed by atoms with E-state index in [2.05, 4.69) is 9.88 Å². The van der Waals surface area contributed by atoms with Crippen LogP contribution in [-0.4, -0.2) is 50.3 Å². The van der Waals surface area contributed by atoms with Gasteiger partial charge in [-0.05, 0) is 18.4 Å². The number of benzene rings is 1. The summed E-state index contributed by atoms with van der Waals surface area (Å²) in [6.45, 7) is 1.72. The molecule has 1 unspecified atom stereocenters. The van der Waals surface area contributed by atoms with Gasteiger partial charge in [-0.1, -0.05) is 30.3 Å². The fraction of sp³-hybridized carbons (Fsp3) is 0.400. The minimum Gasteiger partial charge on any atom is -0.396 e. The molecule has 4 rings (SSSR count). The number of thiazole rings is 1. The maximum absolute atomic E-state index is 12.2. The zero-order valence-electron chi connectivity index (χ0n) is 15.0. The van der Waals surface area contributed by atoms with E-state index in [9.17, 15) is 15.0 Å². The molecule has 1 saturated heterocycles. The van der Waals surface area contributed by atoms with Gasteiger partial charge in [0.1, 0.15) is 0 Å². The molecule has 0 saturated carbocycles. The molecular formula is C20H23N3O3S. The number of piperidine rings is 1. The lowest BCUT2D eigenvalue weighted by atomic mass is 9.73. The van der Waals surface area contributed by atoms with Gasteiger partial charge in [-0.25, -0.2) is 4.98 Å². The lowest BCUT2D eigenvalue weighted by molar-refractivity contribution is -0.0770. The largest absolute Gasteiger partial charge is 0.396 e. The lowest BCUT2D eigenvalue weighted by Crippen LogP contribution is -2.54. The van der Waals surface area contributed by atoms with Gasteiger partial charge >= 0.3 is 0 Å². The summed E-state index contributed by atoms with van der Waals surface area (Å²) in [6.07, 6.45) is 2.38. The normalized spacial score (nSPS) is 23.7. The van der Waals surface area contributed by atoms with Crippen LogP contribution in [0.25, 0.3) is 4.96 Å². The predicted molar refractivity (Wildman–Crippen MR) is 105 cm³/mol. The Morgan fingerprint density at radius 3 is 2.89 bits per heavy atom. The van der Waals surface area contributed by atoms with Crippen molar-refractivity contribution in [2.24, 2.45) is 5.41 Å². The van der Waals surface area contributed by atoms with Gasteiger partial charge in [0.05, 0.1) is 18.4 Å². The molecule has 7 heteroatoms. The zero-order valence-corrected chi connectivity index (χ0v) is 15.8. The summed E-state index contributed by atoms with van der Waals surface area (Å²) < 4.78 is 1.54. The average Bonchev–Trinajstić information content (AvgIpc) is 3.14. The highest BCUT2D eigenvalue weighted by atomic mass is 32.1. The molecule has 3 heterocycles. The first-order valence-electron chi connectivity index (χ1n) is 9.11. The van der Waals surface area contributed by atoms with Crippen molar-refractivity contribution < 1.29 is 10.2 Å². The summed E-state index contributed by atoms with van der Waals surface area (Å²) in [7, 11) is 0. The highest BCUT2D eigenvalue weighted by molar-refractivity contribution is 7.15. The Morgan fingerprint density at radius 1 is 1.30 bits per heavy atom. The van der Waals surface area contributed by atoms with Crippen LogP contribution in [-0.2, 0) is 13.0 Å². The third-order valence-electron chi connectivity index (χ3n) is 5.42. The van der Waals surface area contributed by atoms with Gasteiger partial charge in [0.25, 0.3) is 5.56 Å². The quantitative estimate of drug-likeness (QED) is 0.697. The van der Waals surface area contributed by atoms with Crippen molar-refractivity contribution in [3.8, 4) is 0 Å². The van der Waals surface area contributed by atoms with E-state index in [0.717, 1.165) is 11.3 Å². The van der Waals surface area contributed by atoms with Crippen LogP contribution in [0.1, 0.15) is 17.7 Å². The molecule has 6 nitrogen and oxygen atoms in total. The number of hydrogen-bond donors (Lipinski definition) is 2. The summed E-state index contributed by atoms with van der Waals surface area (Å²) in [5.41, 5.74) is 1.14. The minimum atomic E-state index is -0.609. The topological polar surface area (TPSA) is 78.1 Å². The Bertz CT molecular complexity index is 971. The lowest BCUT2D eigenvalue weighted by Gasteiger charge is -2.45. The smallest absolute Gasteiger partial charge is 0.258 e. The van der Waals surface area contributed by atoms with Crippen LogP contribution < -0.4 is 5.56 Å². The van der Waals surface area contributed by atoms with Gasteiger partial charge < -0.3 is 10.2 Å². The molecule has 142 valence electrons. The summed E-state index contributed by atoms with van der Waals surface area (Å²) in [6, 6.07) is 11.5. The number of likely N-dealkylation sites (tertiary alicyclic amines) is 1. The van der Waals surface area contributed by atoms with Crippen LogP contribution in [0.4, 0.5) is 0 Å². The molecule has 2 aromatic heterocycles. The van der Waals surface area contributed by atoms with Gasteiger partial charge in [-0.2, -0.15) is 0 Å². The van der Waals surface area contributed by atoms with Crippen molar-refractivity contribution in [3.63, 3.8) is 0 Å². The third-order valence-corrected chi connectivity index (χ3v) is 6.18. The predicted octanol–water partition coefficient (Wildman–Crippen LogP) is 1.54. The van der Waals surface area contributed by atoms with Crippen molar-refractivity contribution >= 4 is 16.3 Å². The monoisotopic (exact) mass is 385 g/mol. The molecule has 1 aromatic carbocycles.